The Morgan fingerprint density at radius 3 is 2.53 bits per heavy atom. The van der Waals surface area contributed by atoms with Gasteiger partial charge in [-0.1, -0.05) is 18.0 Å². The molecule has 17 heavy (non-hydrogen) atoms. The van der Waals surface area contributed by atoms with Crippen LogP contribution in [0, 0.1) is 0 Å². The van der Waals surface area contributed by atoms with Gasteiger partial charge >= 0.3 is 0 Å². The van der Waals surface area contributed by atoms with Gasteiger partial charge in [0.05, 0.1) is 9.92 Å². The highest BCUT2D eigenvalue weighted by atomic mass is 79.9. The van der Waals surface area contributed by atoms with Gasteiger partial charge in [0, 0.05) is 17.6 Å². The lowest BCUT2D eigenvalue weighted by atomic mass is 9.94. The van der Waals surface area contributed by atoms with Gasteiger partial charge in [0.1, 0.15) is 0 Å². The summed E-state index contributed by atoms with van der Waals surface area (Å²) >= 11 is 9.10. The first-order chi connectivity index (χ1) is 7.93. The number of nitrogens with zero attached hydrogens (tertiary/aromatic N) is 1. The molecule has 0 amide bonds. The van der Waals surface area contributed by atoms with Crippen molar-refractivity contribution in [3.63, 3.8) is 0 Å². The van der Waals surface area contributed by atoms with Crippen molar-refractivity contribution in [1.29, 1.82) is 0 Å². The summed E-state index contributed by atoms with van der Waals surface area (Å²) in [5.41, 5.74) is 0. The van der Waals surface area contributed by atoms with Crippen LogP contribution in [0.3, 0.4) is 0 Å². The van der Waals surface area contributed by atoms with E-state index in [-0.39, 0.29) is 10.9 Å². The second-order valence-electron chi connectivity index (χ2n) is 4.18. The zero-order valence-corrected chi connectivity index (χ0v) is 12.5. The lowest BCUT2D eigenvalue weighted by Crippen LogP contribution is -2.41. The fourth-order valence-electron chi connectivity index (χ4n) is 1.75. The van der Waals surface area contributed by atoms with Crippen LogP contribution in [0.1, 0.15) is 19.3 Å². The highest BCUT2D eigenvalue weighted by molar-refractivity contribution is 9.10. The van der Waals surface area contributed by atoms with Crippen LogP contribution >= 0.6 is 27.5 Å². The number of sulfonamides is 1. The predicted octanol–water partition coefficient (Wildman–Crippen LogP) is 3.28. The average molecular weight is 339 g/mol. The lowest BCUT2D eigenvalue weighted by molar-refractivity contribution is 0.249. The van der Waals surface area contributed by atoms with Gasteiger partial charge in [-0.2, -0.15) is 4.31 Å². The minimum atomic E-state index is -3.39. The van der Waals surface area contributed by atoms with E-state index < -0.39 is 10.0 Å². The highest BCUT2D eigenvalue weighted by Crippen LogP contribution is 2.31. The highest BCUT2D eigenvalue weighted by Gasteiger charge is 2.31. The van der Waals surface area contributed by atoms with Crippen LogP contribution in [-0.2, 0) is 10.0 Å². The van der Waals surface area contributed by atoms with Crippen molar-refractivity contribution in [3.8, 4) is 0 Å². The Bertz CT molecular complexity index is 528. The Hall–Kier alpha value is -0.100. The van der Waals surface area contributed by atoms with E-state index in [1.807, 2.05) is 0 Å². The van der Waals surface area contributed by atoms with E-state index in [0.717, 1.165) is 19.3 Å². The van der Waals surface area contributed by atoms with Gasteiger partial charge in [-0.15, -0.1) is 0 Å². The first kappa shape index (κ1) is 13.3. The van der Waals surface area contributed by atoms with Crippen LogP contribution in [0.2, 0.25) is 5.02 Å². The van der Waals surface area contributed by atoms with Crippen LogP contribution in [0.25, 0.3) is 0 Å². The fraction of sp³-hybridized carbons (Fsp3) is 0.455. The summed E-state index contributed by atoms with van der Waals surface area (Å²) < 4.78 is 26.6. The molecule has 0 bridgehead atoms. The summed E-state index contributed by atoms with van der Waals surface area (Å²) in [6.07, 6.45) is 3.00. The van der Waals surface area contributed by atoms with Gasteiger partial charge in [0.2, 0.25) is 10.0 Å². The Morgan fingerprint density at radius 2 is 2.06 bits per heavy atom. The summed E-state index contributed by atoms with van der Waals surface area (Å²) in [7, 11) is -1.75. The maximum Gasteiger partial charge on any atom is 0.243 e. The minimum Gasteiger partial charge on any atom is -0.207 e. The molecule has 94 valence electrons. The van der Waals surface area contributed by atoms with Gasteiger partial charge in [0.15, 0.2) is 0 Å². The van der Waals surface area contributed by atoms with Gasteiger partial charge < -0.3 is 0 Å². The van der Waals surface area contributed by atoms with E-state index in [4.69, 9.17) is 11.6 Å². The van der Waals surface area contributed by atoms with Crippen LogP contribution in [-0.4, -0.2) is 25.8 Å². The van der Waals surface area contributed by atoms with Gasteiger partial charge in [0.25, 0.3) is 0 Å². The molecule has 1 aliphatic rings. The fourth-order valence-corrected chi connectivity index (χ4v) is 3.84. The predicted molar refractivity (Wildman–Crippen MR) is 71.7 cm³/mol. The van der Waals surface area contributed by atoms with E-state index >= 15 is 0 Å². The zero-order chi connectivity index (χ0) is 12.6. The Balaban J connectivity index is 2.33. The van der Waals surface area contributed by atoms with Crippen molar-refractivity contribution in [2.75, 3.05) is 7.05 Å². The molecule has 0 heterocycles. The largest absolute Gasteiger partial charge is 0.243 e. The summed E-state index contributed by atoms with van der Waals surface area (Å²) in [4.78, 5) is 0.281. The van der Waals surface area contributed by atoms with E-state index in [2.05, 4.69) is 15.9 Å². The molecule has 0 radical (unpaired) electrons. The first-order valence-corrected chi connectivity index (χ1v) is 7.97. The molecule has 0 N–H and O–H groups in total. The second-order valence-corrected chi connectivity index (χ2v) is 7.44. The summed E-state index contributed by atoms with van der Waals surface area (Å²) in [5, 5.41) is 0.509. The first-order valence-electron chi connectivity index (χ1n) is 5.36. The van der Waals surface area contributed by atoms with E-state index in [1.165, 1.54) is 10.4 Å². The molecule has 2 rings (SSSR count). The van der Waals surface area contributed by atoms with Gasteiger partial charge in [-0.3, -0.25) is 0 Å². The molecule has 1 saturated carbocycles. The number of hydrogen-bond acceptors (Lipinski definition) is 2. The molecule has 1 aromatic rings. The van der Waals surface area contributed by atoms with Crippen molar-refractivity contribution >= 4 is 37.6 Å². The number of rotatable bonds is 3. The smallest absolute Gasteiger partial charge is 0.207 e. The van der Waals surface area contributed by atoms with Crippen molar-refractivity contribution in [3.05, 3.63) is 27.7 Å². The molecule has 3 nitrogen and oxygen atoms in total. The number of hydrogen-bond donors (Lipinski definition) is 0. The Kier molecular flexibility index (Phi) is 3.83. The summed E-state index contributed by atoms with van der Waals surface area (Å²) in [6.45, 7) is 0. The normalized spacial score (nSPS) is 17.2. The minimum absolute atomic E-state index is 0.148. The summed E-state index contributed by atoms with van der Waals surface area (Å²) in [5.74, 6) is 0. The SMILES string of the molecule is CN(C1CCC1)S(=O)(=O)c1ccc(Cl)c(Br)c1. The van der Waals surface area contributed by atoms with Gasteiger partial charge in [-0.25, -0.2) is 8.42 Å². The third kappa shape index (κ3) is 2.52. The molecular formula is C11H13BrClNO2S. The third-order valence-electron chi connectivity index (χ3n) is 3.16. The third-order valence-corrected chi connectivity index (χ3v) is 6.28. The Morgan fingerprint density at radius 1 is 1.41 bits per heavy atom. The van der Waals surface area contributed by atoms with Crippen LogP contribution in [0.5, 0.6) is 0 Å². The molecule has 0 saturated heterocycles. The molecule has 1 fully saturated rings. The van der Waals surface area contributed by atoms with Crippen LogP contribution < -0.4 is 0 Å². The molecule has 6 heteroatoms. The van der Waals surface area contributed by atoms with Crippen molar-refractivity contribution in [1.82, 2.24) is 4.31 Å². The maximum absolute atomic E-state index is 12.3. The van der Waals surface area contributed by atoms with Crippen LogP contribution in [0.4, 0.5) is 0 Å². The standard InChI is InChI=1S/C11H13BrClNO2S/c1-14(8-3-2-4-8)17(15,16)9-5-6-11(13)10(12)7-9/h5-8H,2-4H2,1H3. The zero-order valence-electron chi connectivity index (χ0n) is 9.36. The van der Waals surface area contributed by atoms with Crippen molar-refractivity contribution in [2.24, 2.45) is 0 Å². The monoisotopic (exact) mass is 337 g/mol. The average Bonchev–Trinajstić information content (AvgIpc) is 2.19. The lowest BCUT2D eigenvalue weighted by Gasteiger charge is -2.33. The van der Waals surface area contributed by atoms with E-state index in [0.29, 0.717) is 9.50 Å². The van der Waals surface area contributed by atoms with E-state index in [1.54, 1.807) is 19.2 Å². The van der Waals surface area contributed by atoms with Crippen molar-refractivity contribution < 1.29 is 8.42 Å². The number of halogens is 2. The van der Waals surface area contributed by atoms with Crippen LogP contribution in [0.15, 0.2) is 27.6 Å². The second kappa shape index (κ2) is 4.88. The topological polar surface area (TPSA) is 37.4 Å². The molecule has 0 aliphatic heterocycles. The quantitative estimate of drug-likeness (QED) is 0.848. The number of benzene rings is 1. The molecule has 0 aromatic heterocycles. The van der Waals surface area contributed by atoms with E-state index in [9.17, 15) is 8.42 Å². The molecule has 0 spiro atoms. The maximum atomic E-state index is 12.3. The molecule has 1 aliphatic carbocycles. The molecule has 1 aromatic carbocycles. The van der Waals surface area contributed by atoms with Crippen molar-refractivity contribution in [2.45, 2.75) is 30.2 Å². The molecule has 0 unspecified atom stereocenters. The summed E-state index contributed by atoms with van der Waals surface area (Å²) in [6, 6.07) is 4.83. The molecule has 0 atom stereocenters. The molecular weight excluding hydrogens is 326 g/mol. The Labute approximate surface area is 115 Å². The van der Waals surface area contributed by atoms with Gasteiger partial charge in [-0.05, 0) is 47.0 Å².